The number of rotatable bonds is 4. The average molecular weight is 338 g/mol. The molecule has 1 unspecified atom stereocenters. The zero-order chi connectivity index (χ0) is 14.7. The molecule has 0 aliphatic rings. The second-order valence-electron chi connectivity index (χ2n) is 4.54. The molecule has 0 aliphatic carbocycles. The van der Waals surface area contributed by atoms with Crippen LogP contribution in [0.1, 0.15) is 34.8 Å². The molecule has 5 heteroatoms. The third-order valence-corrected chi connectivity index (χ3v) is 3.59. The normalized spacial score (nSPS) is 12.0. The van der Waals surface area contributed by atoms with Crippen molar-refractivity contribution >= 4 is 27.6 Å². The van der Waals surface area contributed by atoms with Crippen LogP contribution in [0.5, 0.6) is 0 Å². The van der Waals surface area contributed by atoms with Crippen molar-refractivity contribution in [2.75, 3.05) is 12.4 Å². The minimum atomic E-state index is -0.472. The van der Waals surface area contributed by atoms with Crippen LogP contribution in [0.15, 0.2) is 39.2 Å². The van der Waals surface area contributed by atoms with Gasteiger partial charge in [-0.05, 0) is 59.6 Å². The lowest BCUT2D eigenvalue weighted by atomic mass is 10.2. The van der Waals surface area contributed by atoms with E-state index in [4.69, 9.17) is 4.42 Å². The van der Waals surface area contributed by atoms with E-state index in [-0.39, 0.29) is 11.8 Å². The van der Waals surface area contributed by atoms with Gasteiger partial charge in [0.25, 0.3) is 0 Å². The molecule has 0 radical (unpaired) electrons. The molecule has 2 aromatic rings. The summed E-state index contributed by atoms with van der Waals surface area (Å²) in [6.07, 6.45) is 0. The number of methoxy groups -OCH3 is 1. The Morgan fingerprint density at radius 2 is 2.10 bits per heavy atom. The van der Waals surface area contributed by atoms with E-state index in [0.717, 1.165) is 10.2 Å². The van der Waals surface area contributed by atoms with Gasteiger partial charge in [0.2, 0.25) is 5.76 Å². The lowest BCUT2D eigenvalue weighted by molar-refractivity contribution is 0.0562. The minimum Gasteiger partial charge on any atom is -0.463 e. The van der Waals surface area contributed by atoms with Crippen molar-refractivity contribution in [3.63, 3.8) is 0 Å². The largest absolute Gasteiger partial charge is 0.463 e. The highest BCUT2D eigenvalue weighted by molar-refractivity contribution is 9.10. The molecule has 1 heterocycles. The summed E-state index contributed by atoms with van der Waals surface area (Å²) in [5.41, 5.74) is 2.15. The molecule has 1 atom stereocenters. The van der Waals surface area contributed by atoms with Gasteiger partial charge in [-0.2, -0.15) is 0 Å². The van der Waals surface area contributed by atoms with Crippen molar-refractivity contribution in [1.29, 1.82) is 0 Å². The van der Waals surface area contributed by atoms with Gasteiger partial charge < -0.3 is 14.5 Å². The van der Waals surface area contributed by atoms with Crippen LogP contribution in [0.2, 0.25) is 0 Å². The van der Waals surface area contributed by atoms with Crippen LogP contribution in [-0.2, 0) is 4.74 Å². The molecule has 1 aromatic carbocycles. The molecule has 4 nitrogen and oxygen atoms in total. The molecule has 0 spiro atoms. The van der Waals surface area contributed by atoms with Crippen molar-refractivity contribution in [1.82, 2.24) is 0 Å². The van der Waals surface area contributed by atoms with Crippen molar-refractivity contribution in [2.45, 2.75) is 19.9 Å². The number of aryl methyl sites for hydroxylation is 1. The van der Waals surface area contributed by atoms with E-state index < -0.39 is 5.97 Å². The molecule has 0 bridgehead atoms. The van der Waals surface area contributed by atoms with Crippen molar-refractivity contribution in [3.8, 4) is 0 Å². The third kappa shape index (κ3) is 3.22. The number of hydrogen-bond acceptors (Lipinski definition) is 4. The quantitative estimate of drug-likeness (QED) is 0.844. The van der Waals surface area contributed by atoms with Crippen LogP contribution in [0, 0.1) is 6.92 Å². The topological polar surface area (TPSA) is 51.5 Å². The molecule has 0 aliphatic heterocycles. The van der Waals surface area contributed by atoms with E-state index in [9.17, 15) is 4.79 Å². The first-order chi connectivity index (χ1) is 9.51. The Kier molecular flexibility index (Phi) is 4.49. The first-order valence-electron chi connectivity index (χ1n) is 6.22. The number of carbonyl (C=O) groups is 1. The number of benzene rings is 1. The van der Waals surface area contributed by atoms with Gasteiger partial charge in [0.1, 0.15) is 5.76 Å². The highest BCUT2D eigenvalue weighted by Crippen LogP contribution is 2.28. The number of halogens is 1. The van der Waals surface area contributed by atoms with Crippen molar-refractivity contribution < 1.29 is 13.9 Å². The minimum absolute atomic E-state index is 0.0626. The third-order valence-electron chi connectivity index (χ3n) is 2.94. The first kappa shape index (κ1) is 14.7. The maximum absolute atomic E-state index is 11.4. The van der Waals surface area contributed by atoms with E-state index in [0.29, 0.717) is 5.76 Å². The van der Waals surface area contributed by atoms with Crippen molar-refractivity contribution in [2.24, 2.45) is 0 Å². The summed E-state index contributed by atoms with van der Waals surface area (Å²) in [6.45, 7) is 4.00. The summed E-state index contributed by atoms with van der Waals surface area (Å²) < 4.78 is 11.1. The second-order valence-corrected chi connectivity index (χ2v) is 5.40. The Morgan fingerprint density at radius 3 is 2.75 bits per heavy atom. The monoisotopic (exact) mass is 337 g/mol. The number of carbonyl (C=O) groups excluding carboxylic acids is 1. The van der Waals surface area contributed by atoms with Crippen LogP contribution in [0.3, 0.4) is 0 Å². The van der Waals surface area contributed by atoms with Gasteiger partial charge in [-0.1, -0.05) is 6.07 Å². The molecular formula is C15H16BrNO3. The van der Waals surface area contributed by atoms with E-state index in [1.807, 2.05) is 32.0 Å². The Hall–Kier alpha value is -1.75. The Balaban J connectivity index is 2.13. The standard InChI is InChI=1S/C15H16BrNO3/c1-9-4-5-12(11(16)8-9)17-10(2)13-6-7-14(20-13)15(18)19-3/h4-8,10,17H,1-3H3. The van der Waals surface area contributed by atoms with E-state index in [1.165, 1.54) is 12.7 Å². The number of furan rings is 1. The van der Waals surface area contributed by atoms with Gasteiger partial charge in [0.05, 0.1) is 13.2 Å². The molecule has 20 heavy (non-hydrogen) atoms. The van der Waals surface area contributed by atoms with E-state index in [2.05, 4.69) is 26.0 Å². The molecular weight excluding hydrogens is 322 g/mol. The predicted octanol–water partition coefficient (Wildman–Crippen LogP) is 4.31. The zero-order valence-corrected chi connectivity index (χ0v) is 13.2. The predicted molar refractivity (Wildman–Crippen MR) is 81.0 cm³/mol. The van der Waals surface area contributed by atoms with Crippen LogP contribution in [-0.4, -0.2) is 13.1 Å². The van der Waals surface area contributed by atoms with Crippen LogP contribution >= 0.6 is 15.9 Å². The smallest absolute Gasteiger partial charge is 0.373 e. The number of nitrogens with one attached hydrogen (secondary N) is 1. The molecule has 2 rings (SSSR count). The van der Waals surface area contributed by atoms with Crippen LogP contribution < -0.4 is 5.32 Å². The number of hydrogen-bond donors (Lipinski definition) is 1. The maximum atomic E-state index is 11.4. The van der Waals surface area contributed by atoms with E-state index in [1.54, 1.807) is 12.1 Å². The average Bonchev–Trinajstić information content (AvgIpc) is 2.90. The van der Waals surface area contributed by atoms with Gasteiger partial charge in [-0.3, -0.25) is 0 Å². The highest BCUT2D eigenvalue weighted by Gasteiger charge is 2.15. The molecule has 1 aromatic heterocycles. The fraction of sp³-hybridized carbons (Fsp3) is 0.267. The van der Waals surface area contributed by atoms with Gasteiger partial charge in [-0.25, -0.2) is 4.79 Å². The summed E-state index contributed by atoms with van der Waals surface area (Å²) in [5, 5.41) is 3.33. The SMILES string of the molecule is COC(=O)c1ccc(C(C)Nc2ccc(C)cc2Br)o1. The number of ether oxygens (including phenoxy) is 1. The van der Waals surface area contributed by atoms with Crippen molar-refractivity contribution in [3.05, 3.63) is 51.9 Å². The fourth-order valence-corrected chi connectivity index (χ4v) is 2.45. The van der Waals surface area contributed by atoms with Gasteiger partial charge in [0, 0.05) is 10.2 Å². The van der Waals surface area contributed by atoms with Gasteiger partial charge in [-0.15, -0.1) is 0 Å². The summed E-state index contributed by atoms with van der Waals surface area (Å²) >= 11 is 3.52. The summed E-state index contributed by atoms with van der Waals surface area (Å²) in [6, 6.07) is 9.39. The molecule has 0 saturated heterocycles. The Morgan fingerprint density at radius 1 is 1.35 bits per heavy atom. The number of anilines is 1. The number of esters is 1. The summed E-state index contributed by atoms with van der Waals surface area (Å²) in [7, 11) is 1.33. The second kappa shape index (κ2) is 6.13. The fourth-order valence-electron chi connectivity index (χ4n) is 1.84. The van der Waals surface area contributed by atoms with Crippen LogP contribution in [0.4, 0.5) is 5.69 Å². The molecule has 1 N–H and O–H groups in total. The molecule has 0 amide bonds. The first-order valence-corrected chi connectivity index (χ1v) is 7.01. The van der Waals surface area contributed by atoms with Crippen LogP contribution in [0.25, 0.3) is 0 Å². The lowest BCUT2D eigenvalue weighted by Crippen LogP contribution is -2.06. The lowest BCUT2D eigenvalue weighted by Gasteiger charge is -2.14. The van der Waals surface area contributed by atoms with Gasteiger partial charge >= 0.3 is 5.97 Å². The summed E-state index contributed by atoms with van der Waals surface area (Å²) in [5.74, 6) is 0.414. The highest BCUT2D eigenvalue weighted by atomic mass is 79.9. The Bertz CT molecular complexity index is 621. The van der Waals surface area contributed by atoms with E-state index >= 15 is 0 Å². The molecule has 0 saturated carbocycles. The Labute approximate surface area is 126 Å². The molecule has 106 valence electrons. The summed E-state index contributed by atoms with van der Waals surface area (Å²) in [4.78, 5) is 11.4. The zero-order valence-electron chi connectivity index (χ0n) is 11.6. The molecule has 0 fully saturated rings. The maximum Gasteiger partial charge on any atom is 0.373 e. The van der Waals surface area contributed by atoms with Gasteiger partial charge in [0.15, 0.2) is 0 Å².